The van der Waals surface area contributed by atoms with E-state index in [-0.39, 0.29) is 6.61 Å². The fourth-order valence-corrected chi connectivity index (χ4v) is 2.04. The summed E-state index contributed by atoms with van der Waals surface area (Å²) < 4.78 is 1.71. The van der Waals surface area contributed by atoms with Gasteiger partial charge in [-0.15, -0.1) is 5.10 Å². The third kappa shape index (κ3) is 4.41. The Morgan fingerprint density at radius 1 is 1.16 bits per heavy atom. The molecule has 102 valence electrons. The topological polar surface area (TPSA) is 76.7 Å². The number of rotatable bonds is 6. The molecule has 0 radical (unpaired) electrons. The minimum absolute atomic E-state index is 0.143. The van der Waals surface area contributed by atoms with Crippen LogP contribution in [0.5, 0.6) is 0 Å². The smallest absolute Gasteiger partial charge is 0.134 e. The van der Waals surface area contributed by atoms with E-state index < -0.39 is 0 Å². The number of hydrogen-bond donors (Lipinski definition) is 1. The van der Waals surface area contributed by atoms with Gasteiger partial charge in [0.15, 0.2) is 0 Å². The van der Waals surface area contributed by atoms with Crippen LogP contribution >= 0.6 is 23.2 Å². The minimum atomic E-state index is 0.143. The predicted octanol–water partition coefficient (Wildman–Crippen LogP) is 1.54. The molecule has 0 amide bonds. The molecule has 2 heterocycles. The summed E-state index contributed by atoms with van der Waals surface area (Å²) in [6.07, 6.45) is 3.77. The molecule has 0 aliphatic carbocycles. The van der Waals surface area contributed by atoms with Crippen LogP contribution in [0.2, 0.25) is 10.3 Å². The van der Waals surface area contributed by atoms with Gasteiger partial charge < -0.3 is 5.11 Å². The molecule has 0 aromatic carbocycles. The molecular weight excluding hydrogens is 289 g/mol. The number of nitrogens with zero attached hydrogens (tertiary/aromatic N) is 5. The predicted molar refractivity (Wildman–Crippen MR) is 71.2 cm³/mol. The third-order valence-corrected chi connectivity index (χ3v) is 2.83. The van der Waals surface area contributed by atoms with Crippen molar-refractivity contribution in [1.29, 1.82) is 0 Å². The summed E-state index contributed by atoms with van der Waals surface area (Å²) in [5.41, 5.74) is 0.845. The van der Waals surface area contributed by atoms with Crippen molar-refractivity contribution in [2.24, 2.45) is 0 Å². The zero-order valence-electron chi connectivity index (χ0n) is 10.1. The Hall–Kier alpha value is -1.24. The number of aryl methyl sites for hydroxylation is 3. The third-order valence-electron chi connectivity index (χ3n) is 2.45. The summed E-state index contributed by atoms with van der Waals surface area (Å²) in [5, 5.41) is 17.4. The van der Waals surface area contributed by atoms with Crippen molar-refractivity contribution in [3.63, 3.8) is 0 Å². The maximum atomic E-state index is 8.74. The Bertz CT molecular complexity index is 525. The molecule has 0 unspecified atom stereocenters. The second-order valence-electron chi connectivity index (χ2n) is 3.98. The SMILES string of the molecule is OCCCn1cc(CCc2nc(Cl)cc(Cl)n2)nn1. The van der Waals surface area contributed by atoms with Gasteiger partial charge in [-0.2, -0.15) is 0 Å². The average molecular weight is 302 g/mol. The van der Waals surface area contributed by atoms with Gasteiger partial charge in [0, 0.05) is 38.3 Å². The number of hydrogen-bond acceptors (Lipinski definition) is 5. The second-order valence-corrected chi connectivity index (χ2v) is 4.75. The number of halogens is 2. The molecule has 0 aliphatic rings. The number of aliphatic hydroxyl groups excluding tert-OH is 1. The van der Waals surface area contributed by atoms with E-state index in [9.17, 15) is 0 Å². The lowest BCUT2D eigenvalue weighted by molar-refractivity contribution is 0.276. The van der Waals surface area contributed by atoms with Gasteiger partial charge in [-0.25, -0.2) is 9.97 Å². The molecular formula is C11H13Cl2N5O. The standard InChI is InChI=1S/C11H13Cl2N5O/c12-9-6-10(13)15-11(14-9)3-2-8-7-18(17-16-8)4-1-5-19/h6-7,19H,1-5H2. The Balaban J connectivity index is 1.92. The molecule has 19 heavy (non-hydrogen) atoms. The highest BCUT2D eigenvalue weighted by Gasteiger charge is 2.05. The Labute approximate surface area is 120 Å². The van der Waals surface area contributed by atoms with E-state index in [1.54, 1.807) is 4.68 Å². The van der Waals surface area contributed by atoms with Gasteiger partial charge >= 0.3 is 0 Å². The van der Waals surface area contributed by atoms with Crippen molar-refractivity contribution >= 4 is 23.2 Å². The van der Waals surface area contributed by atoms with Crippen molar-refractivity contribution in [1.82, 2.24) is 25.0 Å². The second kappa shape index (κ2) is 6.79. The zero-order valence-corrected chi connectivity index (χ0v) is 11.6. The molecule has 6 nitrogen and oxygen atoms in total. The van der Waals surface area contributed by atoms with Crippen LogP contribution in [-0.4, -0.2) is 36.7 Å². The van der Waals surface area contributed by atoms with Crippen LogP contribution in [0.1, 0.15) is 17.9 Å². The van der Waals surface area contributed by atoms with E-state index >= 15 is 0 Å². The molecule has 0 spiro atoms. The largest absolute Gasteiger partial charge is 0.396 e. The molecule has 0 fully saturated rings. The van der Waals surface area contributed by atoms with Crippen molar-refractivity contribution < 1.29 is 5.11 Å². The number of aromatic nitrogens is 5. The zero-order chi connectivity index (χ0) is 13.7. The first kappa shape index (κ1) is 14.2. The maximum Gasteiger partial charge on any atom is 0.134 e. The van der Waals surface area contributed by atoms with E-state index in [2.05, 4.69) is 20.3 Å². The van der Waals surface area contributed by atoms with Gasteiger partial charge in [0.2, 0.25) is 0 Å². The van der Waals surface area contributed by atoms with Crippen molar-refractivity contribution in [3.05, 3.63) is 34.1 Å². The van der Waals surface area contributed by atoms with Gasteiger partial charge in [0.25, 0.3) is 0 Å². The Kier molecular flexibility index (Phi) is 5.07. The van der Waals surface area contributed by atoms with Crippen molar-refractivity contribution in [2.75, 3.05) is 6.61 Å². The van der Waals surface area contributed by atoms with E-state index in [0.29, 0.717) is 41.9 Å². The molecule has 0 saturated carbocycles. The Morgan fingerprint density at radius 3 is 2.58 bits per heavy atom. The molecule has 1 N–H and O–H groups in total. The Morgan fingerprint density at radius 2 is 1.89 bits per heavy atom. The lowest BCUT2D eigenvalue weighted by Gasteiger charge is -1.99. The lowest BCUT2D eigenvalue weighted by Crippen LogP contribution is -2.00. The summed E-state index contributed by atoms with van der Waals surface area (Å²) in [7, 11) is 0. The first-order valence-electron chi connectivity index (χ1n) is 5.86. The first-order chi connectivity index (χ1) is 9.17. The molecule has 0 aliphatic heterocycles. The average Bonchev–Trinajstić information content (AvgIpc) is 2.81. The van der Waals surface area contributed by atoms with Gasteiger partial charge in [-0.1, -0.05) is 28.4 Å². The highest BCUT2D eigenvalue weighted by molar-refractivity contribution is 6.33. The molecule has 0 atom stereocenters. The monoisotopic (exact) mass is 301 g/mol. The highest BCUT2D eigenvalue weighted by Crippen LogP contribution is 2.12. The normalized spacial score (nSPS) is 10.9. The van der Waals surface area contributed by atoms with Crippen LogP contribution in [0, 0.1) is 0 Å². The fraction of sp³-hybridized carbons (Fsp3) is 0.455. The summed E-state index contributed by atoms with van der Waals surface area (Å²) >= 11 is 11.6. The molecule has 2 aromatic heterocycles. The van der Waals surface area contributed by atoms with Crippen LogP contribution in [-0.2, 0) is 19.4 Å². The van der Waals surface area contributed by atoms with Gasteiger partial charge in [0.1, 0.15) is 16.1 Å². The molecule has 0 saturated heterocycles. The van der Waals surface area contributed by atoms with Crippen LogP contribution in [0.25, 0.3) is 0 Å². The van der Waals surface area contributed by atoms with Crippen molar-refractivity contribution in [2.45, 2.75) is 25.8 Å². The van der Waals surface area contributed by atoms with Crippen LogP contribution < -0.4 is 0 Å². The molecule has 2 aromatic rings. The first-order valence-corrected chi connectivity index (χ1v) is 6.62. The quantitative estimate of drug-likeness (QED) is 0.819. The summed E-state index contributed by atoms with van der Waals surface area (Å²) in [5.74, 6) is 0.586. The maximum absolute atomic E-state index is 8.74. The number of aliphatic hydroxyl groups is 1. The molecule has 0 bridgehead atoms. The molecule has 8 heteroatoms. The van der Waals surface area contributed by atoms with Crippen molar-refractivity contribution in [3.8, 4) is 0 Å². The lowest BCUT2D eigenvalue weighted by atomic mass is 10.2. The summed E-state index contributed by atoms with van der Waals surface area (Å²) in [6.45, 7) is 0.799. The molecule has 2 rings (SSSR count). The minimum Gasteiger partial charge on any atom is -0.396 e. The van der Waals surface area contributed by atoms with Gasteiger partial charge in [0.05, 0.1) is 5.69 Å². The van der Waals surface area contributed by atoms with E-state index in [4.69, 9.17) is 28.3 Å². The summed E-state index contributed by atoms with van der Waals surface area (Å²) in [4.78, 5) is 8.17. The summed E-state index contributed by atoms with van der Waals surface area (Å²) in [6, 6.07) is 1.50. The van der Waals surface area contributed by atoms with Gasteiger partial charge in [-0.3, -0.25) is 4.68 Å². The van der Waals surface area contributed by atoms with Crippen LogP contribution in [0.3, 0.4) is 0 Å². The van der Waals surface area contributed by atoms with E-state index in [1.165, 1.54) is 6.07 Å². The van der Waals surface area contributed by atoms with Crippen LogP contribution in [0.4, 0.5) is 0 Å². The van der Waals surface area contributed by atoms with E-state index in [1.807, 2.05) is 6.20 Å². The fourth-order valence-electron chi connectivity index (χ4n) is 1.58. The van der Waals surface area contributed by atoms with E-state index in [0.717, 1.165) is 5.69 Å². The van der Waals surface area contributed by atoms with Crippen LogP contribution in [0.15, 0.2) is 12.3 Å². The highest BCUT2D eigenvalue weighted by atomic mass is 35.5. The van der Waals surface area contributed by atoms with Gasteiger partial charge in [-0.05, 0) is 6.42 Å².